The number of benzene rings is 1. The highest BCUT2D eigenvalue weighted by molar-refractivity contribution is 5.19. The van der Waals surface area contributed by atoms with E-state index in [4.69, 9.17) is 5.73 Å². The molecule has 1 saturated heterocycles. The molecule has 4 heteroatoms. The van der Waals surface area contributed by atoms with E-state index >= 15 is 0 Å². The first-order valence-electron chi connectivity index (χ1n) is 7.46. The van der Waals surface area contributed by atoms with Crippen molar-refractivity contribution in [3.8, 4) is 0 Å². The van der Waals surface area contributed by atoms with Gasteiger partial charge >= 0.3 is 0 Å². The van der Waals surface area contributed by atoms with Gasteiger partial charge in [0.1, 0.15) is 5.82 Å². The fraction of sp³-hybridized carbons (Fsp3) is 0.625. The third-order valence-electron chi connectivity index (χ3n) is 4.32. The standard InChI is InChI=1S/C16H26FN3/c1-19(2)15-6-9-20(10-7-15)11-8-16(18)13-4-3-5-14(17)12-13/h3-5,12,15-16H,6-11,18H2,1-2H3. The van der Waals surface area contributed by atoms with Crippen LogP contribution in [0.3, 0.4) is 0 Å². The van der Waals surface area contributed by atoms with Crippen molar-refractivity contribution in [2.45, 2.75) is 31.3 Å². The van der Waals surface area contributed by atoms with Crippen molar-refractivity contribution in [1.29, 1.82) is 0 Å². The maximum absolute atomic E-state index is 13.2. The molecule has 1 aromatic rings. The molecule has 1 unspecified atom stereocenters. The van der Waals surface area contributed by atoms with Gasteiger partial charge in [0, 0.05) is 12.1 Å². The van der Waals surface area contributed by atoms with Crippen LogP contribution in [0.1, 0.15) is 30.9 Å². The Morgan fingerprint density at radius 3 is 2.65 bits per heavy atom. The molecule has 0 bridgehead atoms. The van der Waals surface area contributed by atoms with Crippen LogP contribution in [0.2, 0.25) is 0 Å². The van der Waals surface area contributed by atoms with E-state index in [2.05, 4.69) is 23.9 Å². The Hall–Kier alpha value is -0.970. The Balaban J connectivity index is 1.76. The molecule has 2 rings (SSSR count). The third-order valence-corrected chi connectivity index (χ3v) is 4.32. The highest BCUT2D eigenvalue weighted by Crippen LogP contribution is 2.18. The molecule has 0 radical (unpaired) electrons. The second kappa shape index (κ2) is 7.16. The van der Waals surface area contributed by atoms with Crippen LogP contribution in [0.5, 0.6) is 0 Å². The Kier molecular flexibility index (Phi) is 5.52. The largest absolute Gasteiger partial charge is 0.324 e. The number of likely N-dealkylation sites (tertiary alicyclic amines) is 1. The van der Waals surface area contributed by atoms with Gasteiger partial charge in [0.05, 0.1) is 0 Å². The van der Waals surface area contributed by atoms with E-state index in [1.54, 1.807) is 12.1 Å². The first-order valence-corrected chi connectivity index (χ1v) is 7.46. The van der Waals surface area contributed by atoms with Crippen molar-refractivity contribution in [2.24, 2.45) is 5.73 Å². The van der Waals surface area contributed by atoms with Crippen LogP contribution >= 0.6 is 0 Å². The van der Waals surface area contributed by atoms with Gasteiger partial charge in [0.15, 0.2) is 0 Å². The van der Waals surface area contributed by atoms with E-state index in [9.17, 15) is 4.39 Å². The summed E-state index contributed by atoms with van der Waals surface area (Å²) in [6.07, 6.45) is 3.33. The Bertz CT molecular complexity index is 414. The molecule has 0 aromatic heterocycles. The summed E-state index contributed by atoms with van der Waals surface area (Å²) in [5.41, 5.74) is 7.05. The van der Waals surface area contributed by atoms with Crippen LogP contribution in [-0.2, 0) is 0 Å². The molecule has 1 aromatic carbocycles. The lowest BCUT2D eigenvalue weighted by Gasteiger charge is -2.35. The number of nitrogens with zero attached hydrogens (tertiary/aromatic N) is 2. The summed E-state index contributed by atoms with van der Waals surface area (Å²) >= 11 is 0. The number of hydrogen-bond acceptors (Lipinski definition) is 3. The van der Waals surface area contributed by atoms with E-state index in [0.29, 0.717) is 6.04 Å². The molecule has 1 heterocycles. The number of piperidine rings is 1. The monoisotopic (exact) mass is 279 g/mol. The zero-order valence-corrected chi connectivity index (χ0v) is 12.6. The normalized spacial score (nSPS) is 19.4. The maximum atomic E-state index is 13.2. The predicted octanol–water partition coefficient (Wildman–Crippen LogP) is 2.24. The zero-order valence-electron chi connectivity index (χ0n) is 12.6. The van der Waals surface area contributed by atoms with Crippen molar-refractivity contribution in [3.05, 3.63) is 35.6 Å². The maximum Gasteiger partial charge on any atom is 0.123 e. The molecule has 0 saturated carbocycles. The Morgan fingerprint density at radius 2 is 2.05 bits per heavy atom. The summed E-state index contributed by atoms with van der Waals surface area (Å²) in [4.78, 5) is 4.79. The average molecular weight is 279 g/mol. The highest BCUT2D eigenvalue weighted by Gasteiger charge is 2.20. The fourth-order valence-electron chi connectivity index (χ4n) is 2.88. The molecule has 0 spiro atoms. The van der Waals surface area contributed by atoms with Gasteiger partial charge < -0.3 is 15.5 Å². The summed E-state index contributed by atoms with van der Waals surface area (Å²) in [6, 6.07) is 7.28. The molecule has 112 valence electrons. The molecule has 1 atom stereocenters. The second-order valence-electron chi connectivity index (χ2n) is 5.99. The average Bonchev–Trinajstić information content (AvgIpc) is 2.45. The highest BCUT2D eigenvalue weighted by atomic mass is 19.1. The van der Waals surface area contributed by atoms with Gasteiger partial charge in [-0.05, 0) is 70.7 Å². The predicted molar refractivity (Wildman–Crippen MR) is 81.1 cm³/mol. The third kappa shape index (κ3) is 4.27. The van der Waals surface area contributed by atoms with Gasteiger partial charge in [-0.3, -0.25) is 0 Å². The summed E-state index contributed by atoms with van der Waals surface area (Å²) in [6.45, 7) is 3.27. The lowest BCUT2D eigenvalue weighted by atomic mass is 10.0. The van der Waals surface area contributed by atoms with Gasteiger partial charge in [0.2, 0.25) is 0 Å². The first kappa shape index (κ1) is 15.4. The quantitative estimate of drug-likeness (QED) is 0.897. The molecular weight excluding hydrogens is 253 g/mol. The van der Waals surface area contributed by atoms with Crippen LogP contribution in [0.25, 0.3) is 0 Å². The number of halogens is 1. The summed E-state index contributed by atoms with van der Waals surface area (Å²) in [5.74, 6) is -0.204. The topological polar surface area (TPSA) is 32.5 Å². The van der Waals surface area contributed by atoms with E-state index < -0.39 is 0 Å². The van der Waals surface area contributed by atoms with Gasteiger partial charge in [-0.15, -0.1) is 0 Å². The molecule has 3 nitrogen and oxygen atoms in total. The molecular formula is C16H26FN3. The molecule has 20 heavy (non-hydrogen) atoms. The smallest absolute Gasteiger partial charge is 0.123 e. The van der Waals surface area contributed by atoms with Crippen molar-refractivity contribution in [3.63, 3.8) is 0 Å². The fourth-order valence-corrected chi connectivity index (χ4v) is 2.88. The van der Waals surface area contributed by atoms with Crippen LogP contribution in [0.15, 0.2) is 24.3 Å². The Morgan fingerprint density at radius 1 is 1.35 bits per heavy atom. The second-order valence-corrected chi connectivity index (χ2v) is 5.99. The van der Waals surface area contributed by atoms with Gasteiger partial charge in [-0.1, -0.05) is 12.1 Å². The first-order chi connectivity index (χ1) is 9.56. The lowest BCUT2D eigenvalue weighted by molar-refractivity contribution is 0.142. The molecule has 0 amide bonds. The van der Waals surface area contributed by atoms with Crippen LogP contribution in [0.4, 0.5) is 4.39 Å². The molecule has 2 N–H and O–H groups in total. The van der Waals surface area contributed by atoms with Crippen molar-refractivity contribution < 1.29 is 4.39 Å². The van der Waals surface area contributed by atoms with Gasteiger partial charge in [0.25, 0.3) is 0 Å². The van der Waals surface area contributed by atoms with Crippen LogP contribution in [-0.4, -0.2) is 49.6 Å². The minimum Gasteiger partial charge on any atom is -0.324 e. The van der Waals surface area contributed by atoms with Crippen molar-refractivity contribution >= 4 is 0 Å². The number of nitrogens with two attached hydrogens (primary N) is 1. The minimum absolute atomic E-state index is 0.0720. The molecule has 1 fully saturated rings. The van der Waals surface area contributed by atoms with Gasteiger partial charge in [-0.25, -0.2) is 4.39 Å². The molecule has 1 aliphatic rings. The SMILES string of the molecule is CN(C)C1CCN(CCC(N)c2cccc(F)c2)CC1. The van der Waals surface area contributed by atoms with Crippen LogP contribution < -0.4 is 5.73 Å². The lowest BCUT2D eigenvalue weighted by Crippen LogP contribution is -2.42. The summed E-state index contributed by atoms with van der Waals surface area (Å²) in [7, 11) is 4.31. The van der Waals surface area contributed by atoms with E-state index in [0.717, 1.165) is 31.6 Å². The van der Waals surface area contributed by atoms with Crippen molar-refractivity contribution in [1.82, 2.24) is 9.80 Å². The van der Waals surface area contributed by atoms with E-state index in [1.807, 2.05) is 6.07 Å². The number of rotatable bonds is 5. The summed E-state index contributed by atoms with van der Waals surface area (Å²) < 4.78 is 13.2. The van der Waals surface area contributed by atoms with Crippen molar-refractivity contribution in [2.75, 3.05) is 33.7 Å². The minimum atomic E-state index is -0.204. The van der Waals surface area contributed by atoms with Gasteiger partial charge in [-0.2, -0.15) is 0 Å². The summed E-state index contributed by atoms with van der Waals surface area (Å²) in [5, 5.41) is 0. The van der Waals surface area contributed by atoms with Crippen LogP contribution in [0, 0.1) is 5.82 Å². The van der Waals surface area contributed by atoms with E-state index in [-0.39, 0.29) is 11.9 Å². The number of hydrogen-bond donors (Lipinski definition) is 1. The molecule has 0 aliphatic carbocycles. The Labute approximate surface area is 121 Å². The zero-order chi connectivity index (χ0) is 14.5. The molecule has 1 aliphatic heterocycles. The van der Waals surface area contributed by atoms with E-state index in [1.165, 1.54) is 18.9 Å².